The number of nitro benzene ring substituents is 1. The Morgan fingerprint density at radius 1 is 1.32 bits per heavy atom. The highest BCUT2D eigenvalue weighted by atomic mass is 79.9. The first-order valence-corrected chi connectivity index (χ1v) is 8.84. The first-order valence-electron chi connectivity index (χ1n) is 7.67. The van der Waals surface area contributed by atoms with E-state index in [1.54, 1.807) is 0 Å². The SMILES string of the molecule is Cn1c(=O)c2nc(Br)n(CC(=O)Nc3ccc(Cl)c([N+](=O)[O-])c3)c2n(C)c1=O. The summed E-state index contributed by atoms with van der Waals surface area (Å²) in [4.78, 5) is 51.2. The Bertz CT molecular complexity index is 1260. The maximum absolute atomic E-state index is 12.4. The molecule has 11 nitrogen and oxygen atoms in total. The lowest BCUT2D eigenvalue weighted by Crippen LogP contribution is -2.37. The summed E-state index contributed by atoms with van der Waals surface area (Å²) in [5, 5.41) is 13.4. The van der Waals surface area contributed by atoms with Crippen LogP contribution in [-0.2, 0) is 25.4 Å². The number of anilines is 1. The van der Waals surface area contributed by atoms with Crippen LogP contribution in [0, 0.1) is 10.1 Å². The third-order valence-corrected chi connectivity index (χ3v) is 4.95. The standard InChI is InChI=1S/C15H12BrClN6O5/c1-20-12-11(13(25)21(2)15(20)26)19-14(16)22(12)6-10(24)18-7-3-4-8(17)9(5-7)23(27)28/h3-5H,6H2,1-2H3,(H,18,24). The molecule has 1 N–H and O–H groups in total. The number of carbonyl (C=O) groups excluding carboxylic acids is 1. The smallest absolute Gasteiger partial charge is 0.324 e. The lowest BCUT2D eigenvalue weighted by atomic mass is 10.3. The Labute approximate surface area is 169 Å². The van der Waals surface area contributed by atoms with Crippen molar-refractivity contribution in [3.63, 3.8) is 0 Å². The Morgan fingerprint density at radius 2 is 2.00 bits per heavy atom. The van der Waals surface area contributed by atoms with Crippen LogP contribution in [0.3, 0.4) is 0 Å². The number of aromatic nitrogens is 4. The van der Waals surface area contributed by atoms with E-state index < -0.39 is 22.1 Å². The number of fused-ring (bicyclic) bond motifs is 1. The summed E-state index contributed by atoms with van der Waals surface area (Å²) in [6.45, 7) is -0.298. The Hall–Kier alpha value is -2.99. The first-order chi connectivity index (χ1) is 13.1. The molecule has 1 amide bonds. The number of nitro groups is 1. The summed E-state index contributed by atoms with van der Waals surface area (Å²) < 4.78 is 3.64. The van der Waals surface area contributed by atoms with Crippen molar-refractivity contribution in [2.75, 3.05) is 5.32 Å². The van der Waals surface area contributed by atoms with Gasteiger partial charge in [-0.2, -0.15) is 0 Å². The van der Waals surface area contributed by atoms with E-state index in [0.717, 1.165) is 10.6 Å². The van der Waals surface area contributed by atoms with Crippen molar-refractivity contribution >= 4 is 56.0 Å². The Balaban J connectivity index is 1.98. The highest BCUT2D eigenvalue weighted by Crippen LogP contribution is 2.27. The third kappa shape index (κ3) is 3.31. The molecule has 0 aliphatic carbocycles. The second-order valence-corrected chi connectivity index (χ2v) is 6.93. The van der Waals surface area contributed by atoms with Crippen LogP contribution < -0.4 is 16.6 Å². The highest BCUT2D eigenvalue weighted by Gasteiger charge is 2.20. The van der Waals surface area contributed by atoms with Crippen LogP contribution in [0.25, 0.3) is 11.2 Å². The number of hydrogen-bond donors (Lipinski definition) is 1. The normalized spacial score (nSPS) is 11.0. The van der Waals surface area contributed by atoms with Gasteiger partial charge in [0, 0.05) is 25.8 Å². The van der Waals surface area contributed by atoms with Crippen LogP contribution in [0.15, 0.2) is 32.5 Å². The Kier molecular flexibility index (Phi) is 5.08. The van der Waals surface area contributed by atoms with Crippen LogP contribution >= 0.6 is 27.5 Å². The van der Waals surface area contributed by atoms with Gasteiger partial charge in [0.25, 0.3) is 11.2 Å². The highest BCUT2D eigenvalue weighted by molar-refractivity contribution is 9.10. The van der Waals surface area contributed by atoms with E-state index in [1.165, 1.54) is 35.4 Å². The van der Waals surface area contributed by atoms with Crippen molar-refractivity contribution in [1.82, 2.24) is 18.7 Å². The maximum Gasteiger partial charge on any atom is 0.332 e. The lowest BCUT2D eigenvalue weighted by Gasteiger charge is -2.10. The van der Waals surface area contributed by atoms with E-state index in [4.69, 9.17) is 11.6 Å². The molecule has 146 valence electrons. The number of rotatable bonds is 4. The summed E-state index contributed by atoms with van der Waals surface area (Å²) in [7, 11) is 2.78. The fraction of sp³-hybridized carbons (Fsp3) is 0.200. The zero-order valence-corrected chi connectivity index (χ0v) is 16.8. The predicted octanol–water partition coefficient (Wildman–Crippen LogP) is 1.40. The van der Waals surface area contributed by atoms with Crippen LogP contribution in [0.2, 0.25) is 5.02 Å². The van der Waals surface area contributed by atoms with E-state index in [2.05, 4.69) is 26.2 Å². The van der Waals surface area contributed by atoms with Gasteiger partial charge in [-0.1, -0.05) is 11.6 Å². The molecule has 2 heterocycles. The molecule has 0 spiro atoms. The van der Waals surface area contributed by atoms with Crippen LogP contribution in [-0.4, -0.2) is 29.5 Å². The third-order valence-electron chi connectivity index (χ3n) is 4.02. The molecule has 0 aliphatic rings. The summed E-state index contributed by atoms with van der Waals surface area (Å²) in [5.41, 5.74) is -1.15. The quantitative estimate of drug-likeness (QED) is 0.347. The first kappa shape index (κ1) is 19.8. The van der Waals surface area contributed by atoms with Crippen molar-refractivity contribution in [2.24, 2.45) is 14.1 Å². The number of halogens is 2. The minimum atomic E-state index is -0.663. The van der Waals surface area contributed by atoms with Gasteiger partial charge in [-0.05, 0) is 28.1 Å². The number of amides is 1. The number of imidazole rings is 1. The fourth-order valence-electron chi connectivity index (χ4n) is 2.68. The molecular formula is C15H12BrClN6O5. The zero-order chi connectivity index (χ0) is 20.7. The monoisotopic (exact) mass is 470 g/mol. The van der Waals surface area contributed by atoms with Gasteiger partial charge in [-0.25, -0.2) is 9.78 Å². The fourth-order valence-corrected chi connectivity index (χ4v) is 3.33. The molecule has 0 saturated carbocycles. The van der Waals surface area contributed by atoms with E-state index in [9.17, 15) is 24.5 Å². The molecule has 0 aliphatic heterocycles. The average molecular weight is 472 g/mol. The van der Waals surface area contributed by atoms with Gasteiger partial charge in [0.15, 0.2) is 15.9 Å². The van der Waals surface area contributed by atoms with E-state index in [0.29, 0.717) is 0 Å². The molecule has 13 heteroatoms. The number of hydrogen-bond acceptors (Lipinski definition) is 6. The van der Waals surface area contributed by atoms with Gasteiger partial charge < -0.3 is 5.32 Å². The van der Waals surface area contributed by atoms with E-state index in [-0.39, 0.29) is 38.8 Å². The molecule has 0 radical (unpaired) electrons. The lowest BCUT2D eigenvalue weighted by molar-refractivity contribution is -0.384. The molecule has 2 aromatic heterocycles. The van der Waals surface area contributed by atoms with Crippen molar-refractivity contribution in [2.45, 2.75) is 6.54 Å². The van der Waals surface area contributed by atoms with Crippen LogP contribution in [0.4, 0.5) is 11.4 Å². The van der Waals surface area contributed by atoms with Gasteiger partial charge in [0.05, 0.1) is 4.92 Å². The second-order valence-electron chi connectivity index (χ2n) is 5.82. The van der Waals surface area contributed by atoms with Crippen LogP contribution in [0.1, 0.15) is 0 Å². The summed E-state index contributed by atoms with van der Waals surface area (Å²) in [6.07, 6.45) is 0. The molecule has 0 unspecified atom stereocenters. The number of nitrogens with zero attached hydrogens (tertiary/aromatic N) is 5. The summed E-state index contributed by atoms with van der Waals surface area (Å²) >= 11 is 8.93. The minimum Gasteiger partial charge on any atom is -0.324 e. The van der Waals surface area contributed by atoms with Crippen molar-refractivity contribution in [3.05, 3.63) is 58.9 Å². The largest absolute Gasteiger partial charge is 0.332 e. The molecule has 28 heavy (non-hydrogen) atoms. The summed E-state index contributed by atoms with van der Waals surface area (Å²) in [6, 6.07) is 3.85. The predicted molar refractivity (Wildman–Crippen MR) is 105 cm³/mol. The van der Waals surface area contributed by atoms with Gasteiger partial charge in [0.2, 0.25) is 5.91 Å². The number of benzene rings is 1. The number of carbonyl (C=O) groups is 1. The Morgan fingerprint density at radius 3 is 2.64 bits per heavy atom. The zero-order valence-electron chi connectivity index (χ0n) is 14.5. The van der Waals surface area contributed by atoms with Crippen molar-refractivity contribution in [1.29, 1.82) is 0 Å². The molecule has 3 aromatic rings. The maximum atomic E-state index is 12.4. The molecule has 1 aromatic carbocycles. The van der Waals surface area contributed by atoms with Gasteiger partial charge in [-0.15, -0.1) is 0 Å². The topological polar surface area (TPSA) is 134 Å². The molecule has 0 fully saturated rings. The number of nitrogens with one attached hydrogen (secondary N) is 1. The van der Waals surface area contributed by atoms with Crippen molar-refractivity contribution < 1.29 is 9.72 Å². The molecule has 0 bridgehead atoms. The van der Waals surface area contributed by atoms with Crippen molar-refractivity contribution in [3.8, 4) is 0 Å². The number of aryl methyl sites for hydroxylation is 1. The van der Waals surface area contributed by atoms with Gasteiger partial charge in [-0.3, -0.25) is 33.4 Å². The molecule has 3 rings (SSSR count). The summed E-state index contributed by atoms with van der Waals surface area (Å²) in [5.74, 6) is -0.551. The van der Waals surface area contributed by atoms with Gasteiger partial charge >= 0.3 is 5.69 Å². The van der Waals surface area contributed by atoms with E-state index >= 15 is 0 Å². The van der Waals surface area contributed by atoms with E-state index in [1.807, 2.05) is 0 Å². The molecular weight excluding hydrogens is 460 g/mol. The van der Waals surface area contributed by atoms with Gasteiger partial charge in [0.1, 0.15) is 11.6 Å². The molecule has 0 saturated heterocycles. The minimum absolute atomic E-state index is 0.0198. The van der Waals surface area contributed by atoms with Crippen LogP contribution in [0.5, 0.6) is 0 Å². The molecule has 0 atom stereocenters. The second kappa shape index (κ2) is 7.20. The average Bonchev–Trinajstić information content (AvgIpc) is 2.96.